The minimum absolute atomic E-state index is 0.00415. The van der Waals surface area contributed by atoms with Crippen molar-refractivity contribution in [2.24, 2.45) is 0 Å². The molecule has 106 valence electrons. The second kappa shape index (κ2) is 6.34. The normalized spacial score (nSPS) is 12.0. The SMILES string of the molecule is COc1ccc(C(O)CNc2c(F)cccc2F)cc1. The van der Waals surface area contributed by atoms with E-state index in [-0.39, 0.29) is 12.2 Å². The van der Waals surface area contributed by atoms with Crippen LogP contribution in [0.1, 0.15) is 11.7 Å². The fraction of sp³-hybridized carbons (Fsp3) is 0.200. The molecule has 0 aliphatic heterocycles. The van der Waals surface area contributed by atoms with Crippen molar-refractivity contribution in [3.05, 3.63) is 59.7 Å². The van der Waals surface area contributed by atoms with Crippen LogP contribution in [-0.4, -0.2) is 18.8 Å². The first-order valence-electron chi connectivity index (χ1n) is 6.11. The van der Waals surface area contributed by atoms with E-state index in [0.717, 1.165) is 12.1 Å². The third-order valence-electron chi connectivity index (χ3n) is 2.94. The molecular formula is C15H15F2NO2. The number of aliphatic hydroxyl groups is 1. The predicted octanol–water partition coefficient (Wildman–Crippen LogP) is 3.12. The number of anilines is 1. The van der Waals surface area contributed by atoms with Crippen LogP contribution in [0.15, 0.2) is 42.5 Å². The fourth-order valence-corrected chi connectivity index (χ4v) is 1.81. The molecule has 0 radical (unpaired) electrons. The van der Waals surface area contributed by atoms with Gasteiger partial charge in [0, 0.05) is 6.54 Å². The third-order valence-corrected chi connectivity index (χ3v) is 2.94. The van der Waals surface area contributed by atoms with Crippen LogP contribution in [-0.2, 0) is 0 Å². The van der Waals surface area contributed by atoms with Gasteiger partial charge >= 0.3 is 0 Å². The van der Waals surface area contributed by atoms with Gasteiger partial charge < -0.3 is 15.2 Å². The fourth-order valence-electron chi connectivity index (χ4n) is 1.81. The van der Waals surface area contributed by atoms with Crippen LogP contribution in [0.2, 0.25) is 0 Å². The summed E-state index contributed by atoms with van der Waals surface area (Å²) in [5.74, 6) is -0.701. The molecule has 0 fully saturated rings. The standard InChI is InChI=1S/C15H15F2NO2/c1-20-11-7-5-10(6-8-11)14(19)9-18-15-12(16)3-2-4-13(15)17/h2-8,14,18-19H,9H2,1H3. The molecule has 1 unspecified atom stereocenters. The van der Waals surface area contributed by atoms with Gasteiger partial charge in [-0.15, -0.1) is 0 Å². The van der Waals surface area contributed by atoms with Crippen LogP contribution in [0.4, 0.5) is 14.5 Å². The number of benzene rings is 2. The first kappa shape index (κ1) is 14.3. The molecule has 0 aromatic heterocycles. The maximum atomic E-state index is 13.4. The largest absolute Gasteiger partial charge is 0.497 e. The van der Waals surface area contributed by atoms with E-state index in [4.69, 9.17) is 4.74 Å². The van der Waals surface area contributed by atoms with Gasteiger partial charge in [-0.1, -0.05) is 18.2 Å². The number of halogens is 2. The van der Waals surface area contributed by atoms with Crippen molar-refractivity contribution in [3.63, 3.8) is 0 Å². The Kier molecular flexibility index (Phi) is 4.53. The Hall–Kier alpha value is -2.14. The minimum Gasteiger partial charge on any atom is -0.497 e. The van der Waals surface area contributed by atoms with Gasteiger partial charge in [-0.05, 0) is 29.8 Å². The molecule has 3 nitrogen and oxygen atoms in total. The van der Waals surface area contributed by atoms with E-state index in [1.165, 1.54) is 6.07 Å². The highest BCUT2D eigenvalue weighted by atomic mass is 19.1. The average molecular weight is 279 g/mol. The highest BCUT2D eigenvalue weighted by Gasteiger charge is 2.11. The summed E-state index contributed by atoms with van der Waals surface area (Å²) in [7, 11) is 1.55. The molecule has 0 bridgehead atoms. The number of para-hydroxylation sites is 1. The van der Waals surface area contributed by atoms with E-state index in [9.17, 15) is 13.9 Å². The van der Waals surface area contributed by atoms with Crippen molar-refractivity contribution in [2.45, 2.75) is 6.10 Å². The monoisotopic (exact) mass is 279 g/mol. The topological polar surface area (TPSA) is 41.5 Å². The zero-order chi connectivity index (χ0) is 14.5. The van der Waals surface area contributed by atoms with E-state index in [2.05, 4.69) is 5.32 Å². The summed E-state index contributed by atoms with van der Waals surface area (Å²) >= 11 is 0. The number of nitrogens with one attached hydrogen (secondary N) is 1. The van der Waals surface area contributed by atoms with Gasteiger partial charge in [-0.3, -0.25) is 0 Å². The van der Waals surface area contributed by atoms with E-state index >= 15 is 0 Å². The molecule has 0 heterocycles. The van der Waals surface area contributed by atoms with Gasteiger partial charge in [0.15, 0.2) is 0 Å². The lowest BCUT2D eigenvalue weighted by Crippen LogP contribution is -2.14. The molecular weight excluding hydrogens is 264 g/mol. The van der Waals surface area contributed by atoms with Gasteiger partial charge in [0.05, 0.1) is 13.2 Å². The summed E-state index contributed by atoms with van der Waals surface area (Å²) in [4.78, 5) is 0. The van der Waals surface area contributed by atoms with Gasteiger partial charge in [0.25, 0.3) is 0 Å². The highest BCUT2D eigenvalue weighted by molar-refractivity contribution is 5.46. The molecule has 20 heavy (non-hydrogen) atoms. The summed E-state index contributed by atoms with van der Waals surface area (Å²) in [5, 5.41) is 12.6. The Morgan fingerprint density at radius 3 is 2.25 bits per heavy atom. The Morgan fingerprint density at radius 1 is 1.10 bits per heavy atom. The Morgan fingerprint density at radius 2 is 1.70 bits per heavy atom. The summed E-state index contributed by atoms with van der Waals surface area (Å²) < 4.78 is 31.8. The van der Waals surface area contributed by atoms with Crippen molar-refractivity contribution in [1.29, 1.82) is 0 Å². The quantitative estimate of drug-likeness (QED) is 0.883. The Bertz CT molecular complexity index is 552. The van der Waals surface area contributed by atoms with Crippen LogP contribution in [0.25, 0.3) is 0 Å². The average Bonchev–Trinajstić information content (AvgIpc) is 2.46. The van der Waals surface area contributed by atoms with Crippen molar-refractivity contribution in [3.8, 4) is 5.75 Å². The molecule has 0 amide bonds. The first-order valence-corrected chi connectivity index (χ1v) is 6.11. The van der Waals surface area contributed by atoms with Crippen LogP contribution < -0.4 is 10.1 Å². The maximum Gasteiger partial charge on any atom is 0.149 e. The van der Waals surface area contributed by atoms with Crippen LogP contribution in [0.3, 0.4) is 0 Å². The number of aliphatic hydroxyl groups excluding tert-OH is 1. The van der Waals surface area contributed by atoms with Gasteiger partial charge in [-0.2, -0.15) is 0 Å². The zero-order valence-corrected chi connectivity index (χ0v) is 10.9. The van der Waals surface area contributed by atoms with Gasteiger partial charge in [0.1, 0.15) is 23.1 Å². The molecule has 2 rings (SSSR count). The first-order chi connectivity index (χ1) is 9.61. The summed E-state index contributed by atoms with van der Waals surface area (Å²) in [5.41, 5.74) is 0.398. The highest BCUT2D eigenvalue weighted by Crippen LogP contribution is 2.21. The van der Waals surface area contributed by atoms with E-state index < -0.39 is 17.7 Å². The lowest BCUT2D eigenvalue weighted by atomic mass is 10.1. The van der Waals surface area contributed by atoms with E-state index in [1.807, 2.05) is 0 Å². The minimum atomic E-state index is -0.875. The van der Waals surface area contributed by atoms with Gasteiger partial charge in [0.2, 0.25) is 0 Å². The molecule has 1 atom stereocenters. The number of methoxy groups -OCH3 is 1. The van der Waals surface area contributed by atoms with Crippen LogP contribution in [0, 0.1) is 11.6 Å². The third kappa shape index (κ3) is 3.24. The lowest BCUT2D eigenvalue weighted by molar-refractivity contribution is 0.191. The number of hydrogen-bond acceptors (Lipinski definition) is 3. The molecule has 5 heteroatoms. The van der Waals surface area contributed by atoms with Gasteiger partial charge in [-0.25, -0.2) is 8.78 Å². The van der Waals surface area contributed by atoms with E-state index in [1.54, 1.807) is 31.4 Å². The second-order valence-electron chi connectivity index (χ2n) is 4.27. The van der Waals surface area contributed by atoms with Crippen molar-refractivity contribution < 1.29 is 18.6 Å². The Balaban J connectivity index is 2.02. The molecule has 0 spiro atoms. The zero-order valence-electron chi connectivity index (χ0n) is 10.9. The summed E-state index contributed by atoms with van der Waals surface area (Å²) in [6.45, 7) is 0.00415. The smallest absolute Gasteiger partial charge is 0.149 e. The molecule has 0 saturated heterocycles. The number of ether oxygens (including phenoxy) is 1. The summed E-state index contributed by atoms with van der Waals surface area (Å²) in [6, 6.07) is 10.4. The Labute approximate surface area is 115 Å². The molecule has 2 aromatic rings. The number of hydrogen-bond donors (Lipinski definition) is 2. The van der Waals surface area contributed by atoms with Crippen LogP contribution >= 0.6 is 0 Å². The summed E-state index contributed by atoms with van der Waals surface area (Å²) in [6.07, 6.45) is -0.875. The van der Waals surface area contributed by atoms with E-state index in [0.29, 0.717) is 11.3 Å². The maximum absolute atomic E-state index is 13.4. The van der Waals surface area contributed by atoms with Crippen molar-refractivity contribution in [1.82, 2.24) is 0 Å². The lowest BCUT2D eigenvalue weighted by Gasteiger charge is -2.14. The van der Waals surface area contributed by atoms with Crippen molar-refractivity contribution >= 4 is 5.69 Å². The molecule has 0 aliphatic rings. The molecule has 2 aromatic carbocycles. The molecule has 2 N–H and O–H groups in total. The molecule has 0 saturated carbocycles. The second-order valence-corrected chi connectivity index (χ2v) is 4.27. The van der Waals surface area contributed by atoms with Crippen molar-refractivity contribution in [2.75, 3.05) is 19.0 Å². The van der Waals surface area contributed by atoms with Crippen LogP contribution in [0.5, 0.6) is 5.75 Å². The number of rotatable bonds is 5. The predicted molar refractivity (Wildman–Crippen MR) is 72.8 cm³/mol. The molecule has 0 aliphatic carbocycles.